The highest BCUT2D eigenvalue weighted by Crippen LogP contribution is 2.31. The van der Waals surface area contributed by atoms with Crippen LogP contribution in [-0.2, 0) is 0 Å². The van der Waals surface area contributed by atoms with Crippen molar-refractivity contribution in [3.63, 3.8) is 0 Å². The van der Waals surface area contributed by atoms with Crippen molar-refractivity contribution in [3.05, 3.63) is 10.1 Å². The van der Waals surface area contributed by atoms with Crippen molar-refractivity contribution in [2.45, 2.75) is 0 Å². The minimum absolute atomic E-state index is 0.0656. The average molecular weight is 172 g/mol. The summed E-state index contributed by atoms with van der Waals surface area (Å²) in [5.41, 5.74) is 20.9. The van der Waals surface area contributed by atoms with Gasteiger partial charge in [0, 0.05) is 0 Å². The number of rotatable bonds is 1. The lowest BCUT2D eigenvalue weighted by Gasteiger charge is -1.94. The number of aromatic nitrogens is 1. The van der Waals surface area contributed by atoms with Crippen LogP contribution in [0.2, 0.25) is 0 Å². The van der Waals surface area contributed by atoms with Crippen LogP contribution in [0.25, 0.3) is 0 Å². The van der Waals surface area contributed by atoms with E-state index in [0.717, 1.165) is 0 Å². The highest BCUT2D eigenvalue weighted by atomic mass is 16.7. The molecule has 1 heterocycles. The number of nitrogens with two attached hydrogens (primary N) is 4. The minimum Gasteiger partial charge on any atom is -0.394 e. The molecule has 1 aromatic rings. The highest BCUT2D eigenvalue weighted by molar-refractivity contribution is 5.85. The number of nitrogens with zero attached hydrogens (tertiary/aromatic N) is 2. The van der Waals surface area contributed by atoms with E-state index in [1.165, 1.54) is 0 Å². The molecule has 0 saturated heterocycles. The maximum atomic E-state index is 10.3. The molecule has 0 bridgehead atoms. The molecule has 8 heteroatoms. The van der Waals surface area contributed by atoms with Crippen LogP contribution in [0.1, 0.15) is 0 Å². The van der Waals surface area contributed by atoms with Crippen LogP contribution in [0, 0.1) is 10.1 Å². The molecule has 0 aliphatic carbocycles. The third-order valence-electron chi connectivity index (χ3n) is 1.46. The molecular formula is C4H8N6O2. The van der Waals surface area contributed by atoms with Crippen LogP contribution in [-0.4, -0.2) is 9.71 Å². The first-order valence-corrected chi connectivity index (χ1v) is 2.92. The molecule has 0 unspecified atom stereocenters. The van der Waals surface area contributed by atoms with Gasteiger partial charge in [-0.25, -0.2) is 10.1 Å². The molecule has 66 valence electrons. The number of anilines is 4. The fourth-order valence-corrected chi connectivity index (χ4v) is 0.810. The van der Waals surface area contributed by atoms with Gasteiger partial charge in [-0.05, 0) is 4.68 Å². The standard InChI is InChI=1S/C4H8N6O2/c5-1-2(6)4(8)9(3(1)7)10(11)12/h5-8H2. The van der Waals surface area contributed by atoms with E-state index in [9.17, 15) is 10.1 Å². The normalized spacial score (nSPS) is 10.0. The van der Waals surface area contributed by atoms with Crippen molar-refractivity contribution in [2.75, 3.05) is 22.9 Å². The summed E-state index contributed by atoms with van der Waals surface area (Å²) in [5.74, 6) is -0.509. The fraction of sp³-hybridized carbons (Fsp3) is 0. The van der Waals surface area contributed by atoms with Crippen LogP contribution in [0.15, 0.2) is 0 Å². The number of hydrogen-bond donors (Lipinski definition) is 4. The first-order chi connectivity index (χ1) is 5.46. The summed E-state index contributed by atoms with van der Waals surface area (Å²) < 4.78 is 0.435. The molecule has 1 rings (SSSR count). The van der Waals surface area contributed by atoms with Gasteiger partial charge in [0.15, 0.2) is 16.7 Å². The van der Waals surface area contributed by atoms with Gasteiger partial charge in [0.2, 0.25) is 0 Å². The topological polar surface area (TPSA) is 152 Å². The number of hydrogen-bond acceptors (Lipinski definition) is 6. The van der Waals surface area contributed by atoms with Crippen LogP contribution in [0.5, 0.6) is 0 Å². The van der Waals surface area contributed by atoms with E-state index in [1.807, 2.05) is 0 Å². The monoisotopic (exact) mass is 172 g/mol. The largest absolute Gasteiger partial charge is 0.394 e. The first-order valence-electron chi connectivity index (χ1n) is 2.92. The number of nitro groups is 1. The van der Waals surface area contributed by atoms with E-state index in [0.29, 0.717) is 4.68 Å². The Hall–Kier alpha value is -2.12. The van der Waals surface area contributed by atoms with E-state index < -0.39 is 5.03 Å². The molecule has 0 spiro atoms. The van der Waals surface area contributed by atoms with Gasteiger partial charge in [-0.1, -0.05) is 0 Å². The summed E-state index contributed by atoms with van der Waals surface area (Å²) in [6.45, 7) is 0. The summed E-state index contributed by atoms with van der Waals surface area (Å²) >= 11 is 0. The van der Waals surface area contributed by atoms with E-state index in [4.69, 9.17) is 22.9 Å². The van der Waals surface area contributed by atoms with Crippen molar-refractivity contribution in [1.29, 1.82) is 0 Å². The lowest BCUT2D eigenvalue weighted by Crippen LogP contribution is -2.14. The van der Waals surface area contributed by atoms with Gasteiger partial charge < -0.3 is 22.9 Å². The third kappa shape index (κ3) is 0.779. The second-order valence-electron chi connectivity index (χ2n) is 2.15. The third-order valence-corrected chi connectivity index (χ3v) is 1.46. The maximum absolute atomic E-state index is 10.3. The molecule has 0 amide bonds. The second-order valence-corrected chi connectivity index (χ2v) is 2.15. The molecule has 8 N–H and O–H groups in total. The SMILES string of the molecule is Nc1c(N)c(N)n([N+](=O)[O-])c1N. The van der Waals surface area contributed by atoms with E-state index in [1.54, 1.807) is 0 Å². The Labute approximate surface area is 66.8 Å². The van der Waals surface area contributed by atoms with Crippen molar-refractivity contribution >= 4 is 23.0 Å². The Morgan fingerprint density at radius 3 is 1.58 bits per heavy atom. The molecule has 0 aromatic carbocycles. The molecule has 8 nitrogen and oxygen atoms in total. The molecule has 1 aromatic heterocycles. The Morgan fingerprint density at radius 1 is 1.08 bits per heavy atom. The van der Waals surface area contributed by atoms with Crippen molar-refractivity contribution < 1.29 is 5.03 Å². The van der Waals surface area contributed by atoms with Gasteiger partial charge in [-0.3, -0.25) is 0 Å². The molecule has 0 radical (unpaired) electrons. The molecule has 0 fully saturated rings. The van der Waals surface area contributed by atoms with Gasteiger partial charge in [0.05, 0.1) is 0 Å². The van der Waals surface area contributed by atoms with Gasteiger partial charge in [0.1, 0.15) is 11.4 Å². The van der Waals surface area contributed by atoms with Crippen LogP contribution in [0.3, 0.4) is 0 Å². The molecular weight excluding hydrogens is 164 g/mol. The predicted molar refractivity (Wildman–Crippen MR) is 44.5 cm³/mol. The van der Waals surface area contributed by atoms with Crippen LogP contribution >= 0.6 is 0 Å². The second kappa shape index (κ2) is 2.19. The molecule has 0 aliphatic heterocycles. The maximum Gasteiger partial charge on any atom is 0.198 e. The Morgan fingerprint density at radius 2 is 1.42 bits per heavy atom. The molecule has 0 atom stereocenters. The zero-order valence-corrected chi connectivity index (χ0v) is 6.02. The summed E-state index contributed by atoms with van der Waals surface area (Å²) in [6.07, 6.45) is 0. The van der Waals surface area contributed by atoms with Gasteiger partial charge in [-0.2, -0.15) is 0 Å². The molecule has 12 heavy (non-hydrogen) atoms. The zero-order chi connectivity index (χ0) is 9.46. The van der Waals surface area contributed by atoms with Gasteiger partial charge in [0.25, 0.3) is 0 Å². The summed E-state index contributed by atoms with van der Waals surface area (Å²) in [5, 5.41) is 9.51. The van der Waals surface area contributed by atoms with Gasteiger partial charge in [-0.15, -0.1) is 0 Å². The molecule has 0 aliphatic rings. The minimum atomic E-state index is -0.794. The fourth-order valence-electron chi connectivity index (χ4n) is 0.810. The quantitative estimate of drug-likeness (QED) is 0.310. The van der Waals surface area contributed by atoms with Crippen LogP contribution in [0.4, 0.5) is 23.0 Å². The summed E-state index contributed by atoms with van der Waals surface area (Å²) in [7, 11) is 0. The smallest absolute Gasteiger partial charge is 0.198 e. The first kappa shape index (κ1) is 7.98. The highest BCUT2D eigenvalue weighted by Gasteiger charge is 2.21. The Balaban J connectivity index is 3.48. The summed E-state index contributed by atoms with van der Waals surface area (Å²) in [4.78, 5) is 10.3. The average Bonchev–Trinajstić information content (AvgIpc) is 2.16. The van der Waals surface area contributed by atoms with E-state index in [-0.39, 0.29) is 23.0 Å². The van der Waals surface area contributed by atoms with Crippen molar-refractivity contribution in [3.8, 4) is 0 Å². The molecule has 0 saturated carbocycles. The lowest BCUT2D eigenvalue weighted by atomic mass is 10.4. The van der Waals surface area contributed by atoms with E-state index in [2.05, 4.69) is 0 Å². The van der Waals surface area contributed by atoms with Crippen molar-refractivity contribution in [2.24, 2.45) is 0 Å². The predicted octanol–water partition coefficient (Wildman–Crippen LogP) is -1.14. The van der Waals surface area contributed by atoms with Crippen LogP contribution < -0.4 is 22.9 Å². The zero-order valence-electron chi connectivity index (χ0n) is 6.02. The summed E-state index contributed by atoms with van der Waals surface area (Å²) in [6, 6.07) is 0. The lowest BCUT2D eigenvalue weighted by molar-refractivity contribution is -0.537. The van der Waals surface area contributed by atoms with Crippen molar-refractivity contribution in [1.82, 2.24) is 4.68 Å². The van der Waals surface area contributed by atoms with E-state index >= 15 is 0 Å². The Bertz CT molecular complexity index is 316. The Kier molecular flexibility index (Phi) is 1.45. The van der Waals surface area contributed by atoms with Gasteiger partial charge >= 0.3 is 0 Å². The number of nitrogen functional groups attached to an aromatic ring is 4.